The van der Waals surface area contributed by atoms with Crippen LogP contribution in [0.3, 0.4) is 0 Å². The molecule has 1 aromatic carbocycles. The quantitative estimate of drug-likeness (QED) is 0.573. The Hall–Kier alpha value is -0.700. The smallest absolute Gasteiger partial charge is 0.126 e. The van der Waals surface area contributed by atoms with Gasteiger partial charge in [-0.05, 0) is 88.4 Å². The summed E-state index contributed by atoms with van der Waals surface area (Å²) >= 11 is 6.82. The molecular weight excluding hydrogens is 478 g/mol. The van der Waals surface area contributed by atoms with E-state index in [1.165, 1.54) is 12.1 Å². The number of aromatic nitrogens is 1. The van der Waals surface area contributed by atoms with Crippen molar-refractivity contribution in [3.63, 3.8) is 0 Å². The van der Waals surface area contributed by atoms with Gasteiger partial charge in [0.2, 0.25) is 0 Å². The fourth-order valence-electron chi connectivity index (χ4n) is 2.67. The van der Waals surface area contributed by atoms with Crippen molar-refractivity contribution in [2.24, 2.45) is 5.14 Å². The van der Waals surface area contributed by atoms with Crippen molar-refractivity contribution >= 4 is 42.8 Å². The maximum atomic E-state index is 13.5. The fraction of sp³-hybridized carbons (Fsp3) is 0.353. The van der Waals surface area contributed by atoms with E-state index in [2.05, 4.69) is 36.8 Å². The van der Waals surface area contributed by atoms with Crippen LogP contribution in [0.4, 0.5) is 8.78 Å². The Kier molecular flexibility index (Phi) is 6.87. The van der Waals surface area contributed by atoms with Crippen LogP contribution in [0.5, 0.6) is 0 Å². The average Bonchev–Trinajstić information content (AvgIpc) is 2.47. The lowest BCUT2D eigenvalue weighted by molar-refractivity contribution is 0.502. The van der Waals surface area contributed by atoms with Gasteiger partial charge >= 0.3 is 0 Å². The highest BCUT2D eigenvalue weighted by Crippen LogP contribution is 2.35. The zero-order valence-electron chi connectivity index (χ0n) is 13.7. The second kappa shape index (κ2) is 8.33. The van der Waals surface area contributed by atoms with Gasteiger partial charge in [-0.3, -0.25) is 5.14 Å². The molecule has 1 unspecified atom stereocenters. The number of nitrogens with zero attached hydrogens (tertiary/aromatic N) is 1. The number of rotatable bonds is 6. The summed E-state index contributed by atoms with van der Waals surface area (Å²) in [5, 5.41) is 5.62. The van der Waals surface area contributed by atoms with Crippen molar-refractivity contribution in [3.05, 3.63) is 62.3 Å². The lowest BCUT2D eigenvalue weighted by Gasteiger charge is -2.28. The van der Waals surface area contributed by atoms with E-state index in [9.17, 15) is 13.0 Å². The predicted molar refractivity (Wildman–Crippen MR) is 103 cm³/mol. The summed E-state index contributed by atoms with van der Waals surface area (Å²) in [4.78, 5) is 4.50. The van der Waals surface area contributed by atoms with Crippen LogP contribution in [0.1, 0.15) is 37.4 Å². The first kappa shape index (κ1) is 20.6. The lowest BCUT2D eigenvalue weighted by atomic mass is 9.87. The van der Waals surface area contributed by atoms with Gasteiger partial charge < -0.3 is 0 Å². The first-order chi connectivity index (χ1) is 11.6. The number of hydrogen-bond donors (Lipinski definition) is 1. The summed E-state index contributed by atoms with van der Waals surface area (Å²) in [6.07, 6.45) is 0.785. The topological polar surface area (TPSA) is 56.0 Å². The molecule has 0 fully saturated rings. The number of halogens is 4. The average molecular weight is 496 g/mol. The van der Waals surface area contributed by atoms with E-state index in [0.717, 1.165) is 16.2 Å². The van der Waals surface area contributed by atoms with Gasteiger partial charge in [-0.25, -0.2) is 18.0 Å². The second-order valence-corrected chi connectivity index (χ2v) is 9.81. The van der Waals surface area contributed by atoms with Crippen LogP contribution in [0.15, 0.2) is 39.4 Å². The second-order valence-electron chi connectivity index (χ2n) is 6.44. The molecule has 3 nitrogen and oxygen atoms in total. The molecule has 136 valence electrons. The summed E-state index contributed by atoms with van der Waals surface area (Å²) in [7, 11) is -1.55. The summed E-state index contributed by atoms with van der Waals surface area (Å²) in [6.45, 7) is 3.60. The maximum absolute atomic E-state index is 13.5. The molecule has 0 amide bonds. The summed E-state index contributed by atoms with van der Waals surface area (Å²) < 4.78 is 39.7. The van der Waals surface area contributed by atoms with Gasteiger partial charge in [0.15, 0.2) is 0 Å². The van der Waals surface area contributed by atoms with E-state index in [0.29, 0.717) is 23.0 Å². The fourth-order valence-corrected chi connectivity index (χ4v) is 3.91. The third-order valence-corrected chi connectivity index (χ3v) is 6.28. The van der Waals surface area contributed by atoms with Gasteiger partial charge in [0.1, 0.15) is 16.2 Å². The molecular formula is C17H18Br2F2N2OS. The first-order valence-corrected chi connectivity index (χ1v) is 10.3. The van der Waals surface area contributed by atoms with Gasteiger partial charge in [-0.2, -0.15) is 0 Å². The molecule has 0 aliphatic rings. The Morgan fingerprint density at radius 1 is 1.20 bits per heavy atom. The SMILES string of the molecule is CC(C)(C[C@H](Cc1cc(F)cc(F)c1)c1nc(Br)ccc1Br)S(N)=O. The van der Waals surface area contributed by atoms with Crippen molar-refractivity contribution in [1.29, 1.82) is 0 Å². The maximum Gasteiger partial charge on any atom is 0.126 e. The highest BCUT2D eigenvalue weighted by atomic mass is 79.9. The van der Waals surface area contributed by atoms with E-state index in [-0.39, 0.29) is 5.92 Å². The molecule has 0 radical (unpaired) electrons. The minimum Gasteiger partial charge on any atom is -0.251 e. The molecule has 2 rings (SSSR count). The zero-order valence-corrected chi connectivity index (χ0v) is 17.7. The van der Waals surface area contributed by atoms with Gasteiger partial charge in [-0.1, -0.05) is 0 Å². The minimum absolute atomic E-state index is 0.226. The third kappa shape index (κ3) is 5.64. The molecule has 0 aliphatic carbocycles. The Bertz CT molecular complexity index is 782. The molecule has 8 heteroatoms. The summed E-state index contributed by atoms with van der Waals surface area (Å²) in [5.74, 6) is -1.48. The molecule has 2 atom stereocenters. The van der Waals surface area contributed by atoms with Crippen molar-refractivity contribution in [3.8, 4) is 0 Å². The standard InChI is InChI=1S/C17H18Br2F2N2OS/c1-17(2,25(22)24)9-11(16-14(18)3-4-15(19)23-16)5-10-6-12(20)8-13(21)7-10/h3-4,6-8,11H,5,9,22H2,1-2H3/t11-,25?/m0/s1. The van der Waals surface area contributed by atoms with Gasteiger partial charge in [0, 0.05) is 16.5 Å². The number of benzene rings is 1. The van der Waals surface area contributed by atoms with Gasteiger partial charge in [0.05, 0.1) is 21.4 Å². The van der Waals surface area contributed by atoms with E-state index < -0.39 is 27.4 Å². The molecule has 0 bridgehead atoms. The molecule has 0 spiro atoms. The third-order valence-electron chi connectivity index (χ3n) is 3.91. The predicted octanol–water partition coefficient (Wildman–Crippen LogP) is 5.00. The highest BCUT2D eigenvalue weighted by molar-refractivity contribution is 9.11. The normalized spacial score (nSPS) is 14.4. The minimum atomic E-state index is -1.55. The lowest BCUT2D eigenvalue weighted by Crippen LogP contribution is -2.34. The molecule has 25 heavy (non-hydrogen) atoms. The van der Waals surface area contributed by atoms with E-state index >= 15 is 0 Å². The van der Waals surface area contributed by atoms with Crippen LogP contribution in [-0.2, 0) is 17.4 Å². The van der Waals surface area contributed by atoms with E-state index in [4.69, 9.17) is 5.14 Å². The number of nitrogens with two attached hydrogens (primary N) is 1. The van der Waals surface area contributed by atoms with Crippen molar-refractivity contribution in [1.82, 2.24) is 4.98 Å². The van der Waals surface area contributed by atoms with Crippen molar-refractivity contribution in [2.75, 3.05) is 0 Å². The molecule has 0 saturated heterocycles. The summed E-state index contributed by atoms with van der Waals surface area (Å²) in [6, 6.07) is 7.07. The van der Waals surface area contributed by atoms with Crippen molar-refractivity contribution < 1.29 is 13.0 Å². The molecule has 2 aromatic rings. The number of pyridine rings is 1. The van der Waals surface area contributed by atoms with Gasteiger partial charge in [0.25, 0.3) is 0 Å². The van der Waals surface area contributed by atoms with Gasteiger partial charge in [-0.15, -0.1) is 0 Å². The summed E-state index contributed by atoms with van der Waals surface area (Å²) in [5.41, 5.74) is 1.23. The van der Waals surface area contributed by atoms with E-state index in [1.54, 1.807) is 19.9 Å². The van der Waals surface area contributed by atoms with Crippen LogP contribution in [0.25, 0.3) is 0 Å². The Morgan fingerprint density at radius 3 is 2.36 bits per heavy atom. The monoisotopic (exact) mass is 494 g/mol. The van der Waals surface area contributed by atoms with Crippen LogP contribution in [0, 0.1) is 11.6 Å². The van der Waals surface area contributed by atoms with Crippen LogP contribution < -0.4 is 5.14 Å². The molecule has 1 aromatic heterocycles. The Balaban J connectivity index is 2.44. The van der Waals surface area contributed by atoms with Crippen LogP contribution >= 0.6 is 31.9 Å². The molecule has 2 N–H and O–H groups in total. The number of hydrogen-bond acceptors (Lipinski definition) is 2. The van der Waals surface area contributed by atoms with Crippen molar-refractivity contribution in [2.45, 2.75) is 37.4 Å². The Labute approximate surface area is 165 Å². The molecule has 0 aliphatic heterocycles. The Morgan fingerprint density at radius 2 is 1.80 bits per heavy atom. The zero-order chi connectivity index (χ0) is 18.8. The van der Waals surface area contributed by atoms with Crippen LogP contribution in [0.2, 0.25) is 0 Å². The molecule has 0 saturated carbocycles. The van der Waals surface area contributed by atoms with E-state index in [1.807, 2.05) is 6.07 Å². The largest absolute Gasteiger partial charge is 0.251 e. The van der Waals surface area contributed by atoms with Crippen LogP contribution in [-0.4, -0.2) is 13.9 Å². The highest BCUT2D eigenvalue weighted by Gasteiger charge is 2.30. The molecule has 1 heterocycles. The first-order valence-electron chi connectivity index (χ1n) is 7.51.